The first-order chi connectivity index (χ1) is 15.2. The number of nitrogens with zero attached hydrogens (tertiary/aromatic N) is 3. The van der Waals surface area contributed by atoms with Gasteiger partial charge in [0, 0.05) is 17.3 Å². The van der Waals surface area contributed by atoms with Crippen molar-refractivity contribution in [1.82, 2.24) is 14.8 Å². The molecule has 2 aromatic heterocycles. The van der Waals surface area contributed by atoms with E-state index in [1.165, 1.54) is 12.1 Å². The average Bonchev–Trinajstić information content (AvgIpc) is 3.13. The number of halogens is 1. The van der Waals surface area contributed by atoms with Crippen LogP contribution in [0.25, 0.3) is 16.9 Å². The fraction of sp³-hybridized carbons (Fsp3) is 0.160. The van der Waals surface area contributed by atoms with Crippen molar-refractivity contribution in [1.29, 1.82) is 0 Å². The lowest BCUT2D eigenvalue weighted by Gasteiger charge is -2.15. The van der Waals surface area contributed by atoms with E-state index in [1.54, 1.807) is 16.8 Å². The van der Waals surface area contributed by atoms with Gasteiger partial charge in [-0.2, -0.15) is 5.10 Å². The van der Waals surface area contributed by atoms with E-state index in [0.29, 0.717) is 22.9 Å². The van der Waals surface area contributed by atoms with Crippen molar-refractivity contribution in [3.05, 3.63) is 88.4 Å². The van der Waals surface area contributed by atoms with Gasteiger partial charge < -0.3 is 11.1 Å². The molecular formula is C25H24FN5O. The van der Waals surface area contributed by atoms with Crippen LogP contribution in [0.3, 0.4) is 0 Å². The van der Waals surface area contributed by atoms with Crippen LogP contribution in [0.4, 0.5) is 16.0 Å². The van der Waals surface area contributed by atoms with Crippen LogP contribution in [-0.2, 0) is 0 Å². The molecule has 2 heterocycles. The number of aryl methyl sites for hydroxylation is 4. The van der Waals surface area contributed by atoms with Crippen molar-refractivity contribution in [2.45, 2.75) is 27.7 Å². The predicted molar refractivity (Wildman–Crippen MR) is 124 cm³/mol. The van der Waals surface area contributed by atoms with Gasteiger partial charge in [-0.1, -0.05) is 12.1 Å². The molecule has 0 saturated carbocycles. The van der Waals surface area contributed by atoms with Crippen LogP contribution < -0.4 is 11.1 Å². The molecule has 0 atom stereocenters. The number of nitrogens with one attached hydrogen (secondary N) is 1. The first-order valence-electron chi connectivity index (χ1n) is 10.2. The van der Waals surface area contributed by atoms with Crippen molar-refractivity contribution in [3.63, 3.8) is 0 Å². The lowest BCUT2D eigenvalue weighted by atomic mass is 10.1. The zero-order valence-electron chi connectivity index (χ0n) is 18.4. The van der Waals surface area contributed by atoms with Crippen LogP contribution in [0.5, 0.6) is 0 Å². The maximum atomic E-state index is 13.4. The van der Waals surface area contributed by atoms with Gasteiger partial charge in [-0.25, -0.2) is 14.1 Å². The summed E-state index contributed by atoms with van der Waals surface area (Å²) in [6.45, 7) is 7.69. The molecule has 7 heteroatoms. The van der Waals surface area contributed by atoms with Crippen LogP contribution in [-0.4, -0.2) is 20.7 Å². The number of pyridine rings is 1. The molecule has 0 spiro atoms. The third-order valence-corrected chi connectivity index (χ3v) is 5.28. The molecular weight excluding hydrogens is 405 g/mol. The number of primary amides is 1. The number of carbonyl (C=O) groups is 1. The van der Waals surface area contributed by atoms with Gasteiger partial charge in [-0.15, -0.1) is 0 Å². The Balaban J connectivity index is 1.90. The fourth-order valence-corrected chi connectivity index (χ4v) is 3.72. The summed E-state index contributed by atoms with van der Waals surface area (Å²) in [6, 6.07) is 15.9. The van der Waals surface area contributed by atoms with E-state index < -0.39 is 5.91 Å². The minimum absolute atomic E-state index is 0.313. The normalized spacial score (nSPS) is 10.9. The van der Waals surface area contributed by atoms with Crippen LogP contribution in [0.2, 0.25) is 0 Å². The summed E-state index contributed by atoms with van der Waals surface area (Å²) in [6.07, 6.45) is 0. The highest BCUT2D eigenvalue weighted by molar-refractivity contribution is 5.99. The van der Waals surface area contributed by atoms with Crippen molar-refractivity contribution in [2.24, 2.45) is 5.73 Å². The highest BCUT2D eigenvalue weighted by atomic mass is 19.1. The van der Waals surface area contributed by atoms with Gasteiger partial charge in [0.15, 0.2) is 0 Å². The molecule has 6 nitrogen and oxygen atoms in total. The van der Waals surface area contributed by atoms with E-state index in [-0.39, 0.29) is 5.82 Å². The van der Waals surface area contributed by atoms with E-state index in [4.69, 9.17) is 10.8 Å². The number of amides is 1. The molecule has 162 valence electrons. The van der Waals surface area contributed by atoms with Gasteiger partial charge in [0.25, 0.3) is 5.91 Å². The maximum absolute atomic E-state index is 13.4. The second-order valence-corrected chi connectivity index (χ2v) is 7.92. The number of carbonyl (C=O) groups excluding carboxylic acids is 1. The SMILES string of the molecule is Cc1ccc(C)c(-n2nc(-c3ccc(F)cc3)cc2Nc2nc(C)cc(C)c2C(N)=O)c1. The first-order valence-corrected chi connectivity index (χ1v) is 10.2. The van der Waals surface area contributed by atoms with Gasteiger partial charge in [-0.3, -0.25) is 4.79 Å². The van der Waals surface area contributed by atoms with Gasteiger partial charge in [0.2, 0.25) is 0 Å². The molecule has 4 rings (SSSR count). The monoisotopic (exact) mass is 429 g/mol. The second-order valence-electron chi connectivity index (χ2n) is 7.92. The van der Waals surface area contributed by atoms with Crippen molar-refractivity contribution < 1.29 is 9.18 Å². The fourth-order valence-electron chi connectivity index (χ4n) is 3.72. The molecule has 0 saturated heterocycles. The number of anilines is 2. The van der Waals surface area contributed by atoms with E-state index in [9.17, 15) is 9.18 Å². The largest absolute Gasteiger partial charge is 0.365 e. The highest BCUT2D eigenvalue weighted by Gasteiger charge is 2.19. The van der Waals surface area contributed by atoms with Crippen molar-refractivity contribution in [3.8, 4) is 16.9 Å². The number of rotatable bonds is 5. The Morgan fingerprint density at radius 2 is 1.69 bits per heavy atom. The Bertz CT molecular complexity index is 1330. The maximum Gasteiger partial charge on any atom is 0.252 e. The number of nitrogens with two attached hydrogens (primary N) is 1. The zero-order chi connectivity index (χ0) is 23.0. The van der Waals surface area contributed by atoms with Crippen molar-refractivity contribution >= 4 is 17.5 Å². The number of benzene rings is 2. The van der Waals surface area contributed by atoms with E-state index in [1.807, 2.05) is 58.0 Å². The van der Waals surface area contributed by atoms with Gasteiger partial charge in [0.05, 0.1) is 16.9 Å². The smallest absolute Gasteiger partial charge is 0.252 e. The topological polar surface area (TPSA) is 85.8 Å². The summed E-state index contributed by atoms with van der Waals surface area (Å²) in [5, 5.41) is 8.05. The van der Waals surface area contributed by atoms with E-state index >= 15 is 0 Å². The Morgan fingerprint density at radius 1 is 0.969 bits per heavy atom. The number of hydrogen-bond acceptors (Lipinski definition) is 4. The molecule has 0 bridgehead atoms. The first kappa shape index (κ1) is 21.2. The molecule has 0 aliphatic carbocycles. The second kappa shape index (κ2) is 8.26. The van der Waals surface area contributed by atoms with Gasteiger partial charge in [0.1, 0.15) is 17.5 Å². The Hall–Kier alpha value is -4.00. The molecule has 0 radical (unpaired) electrons. The van der Waals surface area contributed by atoms with E-state index in [2.05, 4.69) is 10.3 Å². The molecule has 32 heavy (non-hydrogen) atoms. The highest BCUT2D eigenvalue weighted by Crippen LogP contribution is 2.30. The molecule has 3 N–H and O–H groups in total. The lowest BCUT2D eigenvalue weighted by molar-refractivity contribution is 0.1000. The molecule has 0 aliphatic rings. The summed E-state index contributed by atoms with van der Waals surface area (Å²) < 4.78 is 15.2. The van der Waals surface area contributed by atoms with Crippen LogP contribution in [0.15, 0.2) is 54.6 Å². The van der Waals surface area contributed by atoms with E-state index in [0.717, 1.165) is 33.6 Å². The van der Waals surface area contributed by atoms with Gasteiger partial charge in [-0.05, 0) is 80.8 Å². The molecule has 1 amide bonds. The molecule has 4 aromatic rings. The average molecular weight is 429 g/mol. The Kier molecular flexibility index (Phi) is 5.48. The summed E-state index contributed by atoms with van der Waals surface area (Å²) >= 11 is 0. The van der Waals surface area contributed by atoms with Crippen LogP contribution in [0.1, 0.15) is 32.7 Å². The zero-order valence-corrected chi connectivity index (χ0v) is 18.4. The summed E-state index contributed by atoms with van der Waals surface area (Å²) in [7, 11) is 0. The lowest BCUT2D eigenvalue weighted by Crippen LogP contribution is -2.17. The van der Waals surface area contributed by atoms with Crippen molar-refractivity contribution in [2.75, 3.05) is 5.32 Å². The number of hydrogen-bond donors (Lipinski definition) is 2. The standard InChI is InChI=1S/C25H24FN5O/c1-14-5-6-15(2)21(11-14)31-22(13-20(30-31)18-7-9-19(26)10-8-18)29-25-23(24(27)32)16(3)12-17(4)28-25/h5-13H,1-4H3,(H2,27,32)(H,28,29). The Labute approximate surface area is 185 Å². The molecule has 0 unspecified atom stereocenters. The predicted octanol–water partition coefficient (Wildman–Crippen LogP) is 5.15. The third kappa shape index (κ3) is 4.09. The minimum Gasteiger partial charge on any atom is -0.365 e. The quantitative estimate of drug-likeness (QED) is 0.459. The van der Waals surface area contributed by atoms with Crippen LogP contribution in [0, 0.1) is 33.5 Å². The van der Waals surface area contributed by atoms with Gasteiger partial charge >= 0.3 is 0 Å². The van der Waals surface area contributed by atoms with Crippen LogP contribution >= 0.6 is 0 Å². The molecule has 0 fully saturated rings. The summed E-state index contributed by atoms with van der Waals surface area (Å²) in [5.41, 5.74) is 11.9. The minimum atomic E-state index is -0.561. The summed E-state index contributed by atoms with van der Waals surface area (Å²) in [4.78, 5) is 16.7. The Morgan fingerprint density at radius 3 is 2.38 bits per heavy atom. The third-order valence-electron chi connectivity index (χ3n) is 5.28. The summed E-state index contributed by atoms with van der Waals surface area (Å²) in [5.74, 6) is 0.103. The molecule has 2 aromatic carbocycles. The number of aromatic nitrogens is 3. The molecule has 0 aliphatic heterocycles.